The van der Waals surface area contributed by atoms with Crippen LogP contribution in [-0.4, -0.2) is 28.0 Å². The van der Waals surface area contributed by atoms with Crippen LogP contribution in [0, 0.1) is 0 Å². The molecule has 14 heavy (non-hydrogen) atoms. The van der Waals surface area contributed by atoms with Crippen LogP contribution in [0.4, 0.5) is 5.95 Å². The molecule has 0 amide bonds. The Bertz CT molecular complexity index is 299. The van der Waals surface area contributed by atoms with Crippen LogP contribution in [-0.2, 0) is 4.74 Å². The second kappa shape index (κ2) is 3.96. The monoisotopic (exact) mass is 196 g/mol. The first-order chi connectivity index (χ1) is 6.81. The maximum atomic E-state index is 5.49. The molecule has 0 aliphatic heterocycles. The summed E-state index contributed by atoms with van der Waals surface area (Å²) in [6, 6.07) is 0.304. The average Bonchev–Trinajstić information content (AvgIpc) is 2.65. The SMILES string of the molecule is COC1CCCCC1n1cnc(N)n1. The molecule has 1 fully saturated rings. The van der Waals surface area contributed by atoms with Crippen LogP contribution in [0.25, 0.3) is 0 Å². The molecule has 1 aliphatic rings. The molecule has 0 spiro atoms. The first-order valence-corrected chi connectivity index (χ1v) is 5.00. The van der Waals surface area contributed by atoms with Gasteiger partial charge >= 0.3 is 0 Å². The van der Waals surface area contributed by atoms with Gasteiger partial charge in [0.05, 0.1) is 12.1 Å². The fourth-order valence-electron chi connectivity index (χ4n) is 2.10. The Labute approximate surface area is 83.3 Å². The Balaban J connectivity index is 2.14. The van der Waals surface area contributed by atoms with E-state index in [1.807, 2.05) is 4.68 Å². The largest absolute Gasteiger partial charge is 0.379 e. The molecule has 5 nitrogen and oxygen atoms in total. The molecule has 0 bridgehead atoms. The van der Waals surface area contributed by atoms with E-state index in [0.29, 0.717) is 12.0 Å². The van der Waals surface area contributed by atoms with Crippen molar-refractivity contribution in [2.75, 3.05) is 12.8 Å². The van der Waals surface area contributed by atoms with Gasteiger partial charge in [0.15, 0.2) is 0 Å². The molecule has 0 saturated heterocycles. The van der Waals surface area contributed by atoms with Gasteiger partial charge in [0.25, 0.3) is 0 Å². The molecular weight excluding hydrogens is 180 g/mol. The molecule has 2 unspecified atom stereocenters. The lowest BCUT2D eigenvalue weighted by Gasteiger charge is -2.29. The van der Waals surface area contributed by atoms with Gasteiger partial charge in [0, 0.05) is 7.11 Å². The van der Waals surface area contributed by atoms with E-state index in [1.54, 1.807) is 13.4 Å². The Morgan fingerprint density at radius 1 is 1.50 bits per heavy atom. The lowest BCUT2D eigenvalue weighted by molar-refractivity contribution is 0.0245. The van der Waals surface area contributed by atoms with Gasteiger partial charge in [-0.25, -0.2) is 9.67 Å². The van der Waals surface area contributed by atoms with Crippen LogP contribution in [0.2, 0.25) is 0 Å². The molecule has 1 saturated carbocycles. The van der Waals surface area contributed by atoms with Crippen molar-refractivity contribution in [1.29, 1.82) is 0 Å². The molecule has 2 atom stereocenters. The van der Waals surface area contributed by atoms with E-state index in [4.69, 9.17) is 10.5 Å². The summed E-state index contributed by atoms with van der Waals surface area (Å²) in [5, 5.41) is 4.14. The lowest BCUT2D eigenvalue weighted by Crippen LogP contribution is -2.29. The molecule has 78 valence electrons. The van der Waals surface area contributed by atoms with Crippen LogP contribution in [0.15, 0.2) is 6.33 Å². The smallest absolute Gasteiger partial charge is 0.239 e. The number of methoxy groups -OCH3 is 1. The van der Waals surface area contributed by atoms with Crippen molar-refractivity contribution in [3.63, 3.8) is 0 Å². The van der Waals surface area contributed by atoms with Crippen molar-refractivity contribution >= 4 is 5.95 Å². The van der Waals surface area contributed by atoms with Gasteiger partial charge in [-0.3, -0.25) is 0 Å². The van der Waals surface area contributed by atoms with E-state index in [2.05, 4.69) is 10.1 Å². The number of ether oxygens (including phenoxy) is 1. The average molecular weight is 196 g/mol. The number of aromatic nitrogens is 3. The Kier molecular flexibility index (Phi) is 2.67. The van der Waals surface area contributed by atoms with Crippen LogP contribution in [0.1, 0.15) is 31.7 Å². The number of anilines is 1. The summed E-state index contributed by atoms with van der Waals surface area (Å²) in [4.78, 5) is 3.93. The topological polar surface area (TPSA) is 66.0 Å². The number of rotatable bonds is 2. The Hall–Kier alpha value is -1.10. The molecule has 0 aromatic carbocycles. The molecule has 2 N–H and O–H groups in total. The van der Waals surface area contributed by atoms with E-state index >= 15 is 0 Å². The third-order valence-corrected chi connectivity index (χ3v) is 2.84. The van der Waals surface area contributed by atoms with E-state index in [-0.39, 0.29) is 6.10 Å². The Morgan fingerprint density at radius 2 is 2.29 bits per heavy atom. The van der Waals surface area contributed by atoms with Crippen molar-refractivity contribution in [2.45, 2.75) is 37.8 Å². The summed E-state index contributed by atoms with van der Waals surface area (Å²) in [6.07, 6.45) is 6.60. The van der Waals surface area contributed by atoms with Gasteiger partial charge < -0.3 is 10.5 Å². The van der Waals surface area contributed by atoms with E-state index in [1.165, 1.54) is 12.8 Å². The first kappa shape index (κ1) is 9.45. The van der Waals surface area contributed by atoms with Crippen LogP contribution < -0.4 is 5.73 Å². The standard InChI is InChI=1S/C9H16N4O/c1-14-8-5-3-2-4-7(8)13-6-11-9(10)12-13/h6-8H,2-5H2,1H3,(H2,10,12). The number of nitrogen functional groups attached to an aromatic ring is 1. The zero-order chi connectivity index (χ0) is 9.97. The highest BCUT2D eigenvalue weighted by Crippen LogP contribution is 2.29. The van der Waals surface area contributed by atoms with Gasteiger partial charge in [-0.05, 0) is 12.8 Å². The number of hydrogen-bond donors (Lipinski definition) is 1. The molecule has 1 aromatic heterocycles. The quantitative estimate of drug-likeness (QED) is 0.766. The minimum atomic E-state index is 0.254. The fourth-order valence-corrected chi connectivity index (χ4v) is 2.10. The normalized spacial score (nSPS) is 27.8. The van der Waals surface area contributed by atoms with Crippen molar-refractivity contribution in [1.82, 2.24) is 14.8 Å². The molecule has 0 radical (unpaired) electrons. The molecule has 2 rings (SSSR count). The zero-order valence-electron chi connectivity index (χ0n) is 8.39. The second-order valence-corrected chi connectivity index (χ2v) is 3.71. The second-order valence-electron chi connectivity index (χ2n) is 3.71. The third-order valence-electron chi connectivity index (χ3n) is 2.84. The van der Waals surface area contributed by atoms with Gasteiger partial charge in [0.2, 0.25) is 5.95 Å². The van der Waals surface area contributed by atoms with Crippen molar-refractivity contribution in [2.24, 2.45) is 0 Å². The number of nitrogens with two attached hydrogens (primary N) is 1. The predicted octanol–water partition coefficient (Wildman–Crippen LogP) is 0.990. The Morgan fingerprint density at radius 3 is 2.93 bits per heavy atom. The summed E-state index contributed by atoms with van der Waals surface area (Å²) in [6.45, 7) is 0. The molecule has 1 aromatic rings. The lowest BCUT2D eigenvalue weighted by atomic mass is 9.92. The summed E-state index contributed by atoms with van der Waals surface area (Å²) >= 11 is 0. The summed E-state index contributed by atoms with van der Waals surface area (Å²) < 4.78 is 7.27. The molecule has 1 heterocycles. The maximum absolute atomic E-state index is 5.49. The van der Waals surface area contributed by atoms with Crippen LogP contribution in [0.5, 0.6) is 0 Å². The maximum Gasteiger partial charge on any atom is 0.239 e. The predicted molar refractivity (Wildman–Crippen MR) is 52.7 cm³/mol. The van der Waals surface area contributed by atoms with E-state index < -0.39 is 0 Å². The third kappa shape index (κ3) is 1.72. The van der Waals surface area contributed by atoms with Crippen LogP contribution >= 0.6 is 0 Å². The first-order valence-electron chi connectivity index (χ1n) is 5.00. The number of nitrogens with zero attached hydrogens (tertiary/aromatic N) is 3. The van der Waals surface area contributed by atoms with E-state index in [9.17, 15) is 0 Å². The minimum absolute atomic E-state index is 0.254. The number of hydrogen-bond acceptors (Lipinski definition) is 4. The van der Waals surface area contributed by atoms with Crippen molar-refractivity contribution < 1.29 is 4.74 Å². The highest BCUT2D eigenvalue weighted by molar-refractivity contribution is 5.09. The van der Waals surface area contributed by atoms with Gasteiger partial charge in [0.1, 0.15) is 6.33 Å². The summed E-state index contributed by atoms with van der Waals surface area (Å²) in [5.74, 6) is 0.338. The summed E-state index contributed by atoms with van der Waals surface area (Å²) in [7, 11) is 1.75. The summed E-state index contributed by atoms with van der Waals surface area (Å²) in [5.41, 5.74) is 5.49. The highest BCUT2D eigenvalue weighted by Gasteiger charge is 2.27. The van der Waals surface area contributed by atoms with Crippen LogP contribution in [0.3, 0.4) is 0 Å². The highest BCUT2D eigenvalue weighted by atomic mass is 16.5. The minimum Gasteiger partial charge on any atom is -0.379 e. The zero-order valence-corrected chi connectivity index (χ0v) is 8.39. The molecule has 5 heteroatoms. The van der Waals surface area contributed by atoms with Crippen molar-refractivity contribution in [3.8, 4) is 0 Å². The fraction of sp³-hybridized carbons (Fsp3) is 0.778. The van der Waals surface area contributed by atoms with Gasteiger partial charge in [-0.15, -0.1) is 5.10 Å². The van der Waals surface area contributed by atoms with Crippen molar-refractivity contribution in [3.05, 3.63) is 6.33 Å². The molecular formula is C9H16N4O. The molecule has 1 aliphatic carbocycles. The van der Waals surface area contributed by atoms with Gasteiger partial charge in [-0.2, -0.15) is 0 Å². The van der Waals surface area contributed by atoms with Gasteiger partial charge in [-0.1, -0.05) is 12.8 Å². The van der Waals surface area contributed by atoms with E-state index in [0.717, 1.165) is 12.8 Å².